The molecule has 2 atom stereocenters. The van der Waals surface area contributed by atoms with Crippen LogP contribution in [-0.4, -0.2) is 44.1 Å². The summed E-state index contributed by atoms with van der Waals surface area (Å²) in [4.78, 5) is 0. The maximum Gasteiger partial charge on any atom is 0.185 e. The van der Waals surface area contributed by atoms with Gasteiger partial charge in [-0.05, 0) is 0 Å². The third kappa shape index (κ3) is 1.02. The fourth-order valence-electron chi connectivity index (χ4n) is 2.20. The van der Waals surface area contributed by atoms with E-state index in [9.17, 15) is 0 Å². The maximum absolute atomic E-state index is 5.53. The Morgan fingerprint density at radius 2 is 2.08 bits per heavy atom. The van der Waals surface area contributed by atoms with E-state index in [4.69, 9.17) is 9.47 Å². The molecule has 0 aromatic heterocycles. The van der Waals surface area contributed by atoms with Crippen LogP contribution in [0.5, 0.6) is 0 Å². The third-order valence-electron chi connectivity index (χ3n) is 2.87. The van der Waals surface area contributed by atoms with Gasteiger partial charge in [0.15, 0.2) is 5.79 Å². The first kappa shape index (κ1) is 8.81. The number of rotatable bonds is 2. The lowest BCUT2D eigenvalue weighted by Gasteiger charge is -2.40. The summed E-state index contributed by atoms with van der Waals surface area (Å²) in [5.41, 5.74) is 0. The zero-order chi connectivity index (χ0) is 8.60. The molecule has 3 nitrogen and oxygen atoms in total. The molecule has 0 aliphatic carbocycles. The first-order valence-electron chi connectivity index (χ1n) is 4.26. The minimum atomic E-state index is -0.310. The number of hydrogen-bond acceptors (Lipinski definition) is 4. The molecule has 0 radical (unpaired) electrons. The average Bonchev–Trinajstić information content (AvgIpc) is 2.33. The van der Waals surface area contributed by atoms with Crippen molar-refractivity contribution in [1.29, 1.82) is 0 Å². The molecule has 2 saturated heterocycles. The van der Waals surface area contributed by atoms with Crippen molar-refractivity contribution >= 4 is 11.8 Å². The van der Waals surface area contributed by atoms with Gasteiger partial charge in [-0.1, -0.05) is 0 Å². The van der Waals surface area contributed by atoms with Gasteiger partial charge in [-0.2, -0.15) is 11.8 Å². The summed E-state index contributed by atoms with van der Waals surface area (Å²) >= 11 is 1.96. The van der Waals surface area contributed by atoms with Crippen molar-refractivity contribution in [3.63, 3.8) is 0 Å². The van der Waals surface area contributed by atoms with Crippen molar-refractivity contribution in [2.75, 3.05) is 33.1 Å². The van der Waals surface area contributed by atoms with Crippen LogP contribution in [0.4, 0.5) is 0 Å². The molecule has 2 aliphatic heterocycles. The van der Waals surface area contributed by atoms with E-state index in [1.807, 2.05) is 11.8 Å². The summed E-state index contributed by atoms with van der Waals surface area (Å²) in [6, 6.07) is 0. The molecule has 1 N–H and O–H groups in total. The lowest BCUT2D eigenvalue weighted by atomic mass is 9.93. The Labute approximate surface area is 77.2 Å². The number of nitrogens with one attached hydrogen (secondary N) is 1. The van der Waals surface area contributed by atoms with Crippen molar-refractivity contribution in [2.24, 2.45) is 5.92 Å². The van der Waals surface area contributed by atoms with Gasteiger partial charge in [0.25, 0.3) is 0 Å². The van der Waals surface area contributed by atoms with Crippen molar-refractivity contribution in [2.45, 2.75) is 11.0 Å². The van der Waals surface area contributed by atoms with Crippen molar-refractivity contribution < 1.29 is 9.47 Å². The van der Waals surface area contributed by atoms with E-state index in [1.165, 1.54) is 0 Å². The van der Waals surface area contributed by atoms with Crippen LogP contribution in [0.25, 0.3) is 0 Å². The third-order valence-corrected chi connectivity index (χ3v) is 4.37. The molecule has 0 aromatic carbocycles. The molecule has 12 heavy (non-hydrogen) atoms. The van der Waals surface area contributed by atoms with Crippen LogP contribution in [0.2, 0.25) is 0 Å². The summed E-state index contributed by atoms with van der Waals surface area (Å²) in [5.74, 6) is 1.35. The Balaban J connectivity index is 2.22. The van der Waals surface area contributed by atoms with Gasteiger partial charge in [-0.15, -0.1) is 0 Å². The Morgan fingerprint density at radius 1 is 1.33 bits per heavy atom. The quantitative estimate of drug-likeness (QED) is 0.633. The van der Waals surface area contributed by atoms with Gasteiger partial charge in [-0.25, -0.2) is 0 Å². The van der Waals surface area contributed by atoms with Crippen LogP contribution in [-0.2, 0) is 9.47 Å². The van der Waals surface area contributed by atoms with E-state index in [1.54, 1.807) is 14.2 Å². The fraction of sp³-hybridized carbons (Fsp3) is 1.00. The van der Waals surface area contributed by atoms with Crippen molar-refractivity contribution in [3.8, 4) is 0 Å². The molecular formula is C8H15NO2S. The lowest BCUT2D eigenvalue weighted by Crippen LogP contribution is -2.57. The predicted octanol–water partition coefficient (Wildman–Crippen LogP) is 0.310. The highest BCUT2D eigenvalue weighted by Gasteiger charge is 2.54. The number of hydrogen-bond donors (Lipinski definition) is 1. The largest absolute Gasteiger partial charge is 0.352 e. The number of piperidine rings is 1. The minimum absolute atomic E-state index is 0.310. The second kappa shape index (κ2) is 3.18. The van der Waals surface area contributed by atoms with Gasteiger partial charge in [0.1, 0.15) is 0 Å². The number of ether oxygens (including phenoxy) is 2. The summed E-state index contributed by atoms with van der Waals surface area (Å²) in [6.07, 6.45) is 0. The van der Waals surface area contributed by atoms with E-state index in [2.05, 4.69) is 5.32 Å². The first-order chi connectivity index (χ1) is 5.83. The molecule has 2 rings (SSSR count). The van der Waals surface area contributed by atoms with Crippen LogP contribution in [0.3, 0.4) is 0 Å². The molecule has 0 amide bonds. The Hall–Kier alpha value is 0.230. The smallest absolute Gasteiger partial charge is 0.185 e. The number of thioether (sulfide) groups is 1. The van der Waals surface area contributed by atoms with Crippen molar-refractivity contribution in [1.82, 2.24) is 5.32 Å². The molecule has 0 unspecified atom stereocenters. The predicted molar refractivity (Wildman–Crippen MR) is 49.4 cm³/mol. The summed E-state index contributed by atoms with van der Waals surface area (Å²) in [6.45, 7) is 2.02. The average molecular weight is 189 g/mol. The highest BCUT2D eigenvalue weighted by molar-refractivity contribution is 8.00. The monoisotopic (exact) mass is 189 g/mol. The van der Waals surface area contributed by atoms with E-state index in [0.717, 1.165) is 18.8 Å². The summed E-state index contributed by atoms with van der Waals surface area (Å²) in [5, 5.41) is 3.85. The van der Waals surface area contributed by atoms with Crippen LogP contribution >= 0.6 is 11.8 Å². The van der Waals surface area contributed by atoms with Gasteiger partial charge < -0.3 is 14.8 Å². The topological polar surface area (TPSA) is 30.5 Å². The SMILES string of the molecule is COC1(OC)[C@H]2CNC[C@@H]1SC2. The van der Waals surface area contributed by atoms with E-state index in [0.29, 0.717) is 11.2 Å². The zero-order valence-electron chi connectivity index (χ0n) is 7.50. The highest BCUT2D eigenvalue weighted by Crippen LogP contribution is 2.44. The van der Waals surface area contributed by atoms with Gasteiger partial charge in [0.05, 0.1) is 5.25 Å². The van der Waals surface area contributed by atoms with Crippen LogP contribution < -0.4 is 5.32 Å². The zero-order valence-corrected chi connectivity index (χ0v) is 8.32. The van der Waals surface area contributed by atoms with Gasteiger partial charge in [0, 0.05) is 39.0 Å². The molecule has 70 valence electrons. The second-order valence-electron chi connectivity index (χ2n) is 3.31. The number of methoxy groups -OCH3 is 2. The second-order valence-corrected chi connectivity index (χ2v) is 4.54. The fourth-order valence-corrected chi connectivity index (χ4v) is 3.87. The molecule has 2 heterocycles. The molecule has 2 aliphatic rings. The Bertz CT molecular complexity index is 154. The lowest BCUT2D eigenvalue weighted by molar-refractivity contribution is -0.235. The van der Waals surface area contributed by atoms with E-state index in [-0.39, 0.29) is 5.79 Å². The molecule has 4 heteroatoms. The standard InChI is InChI=1S/C8H15NO2S/c1-10-8(11-2)6-3-9-4-7(8)12-5-6/h6-7,9H,3-5H2,1-2H3/t6-,7-/m0/s1. The van der Waals surface area contributed by atoms with Crippen LogP contribution in [0, 0.1) is 5.92 Å². The van der Waals surface area contributed by atoms with E-state index < -0.39 is 0 Å². The normalized spacial score (nSPS) is 38.5. The molecule has 0 saturated carbocycles. The summed E-state index contributed by atoms with van der Waals surface area (Å²) in [7, 11) is 3.50. The maximum atomic E-state index is 5.53. The Morgan fingerprint density at radius 3 is 2.58 bits per heavy atom. The van der Waals surface area contributed by atoms with E-state index >= 15 is 0 Å². The first-order valence-corrected chi connectivity index (χ1v) is 5.31. The molecule has 0 aromatic rings. The summed E-state index contributed by atoms with van der Waals surface area (Å²) < 4.78 is 11.1. The minimum Gasteiger partial charge on any atom is -0.352 e. The van der Waals surface area contributed by atoms with Gasteiger partial charge >= 0.3 is 0 Å². The van der Waals surface area contributed by atoms with Gasteiger partial charge in [-0.3, -0.25) is 0 Å². The van der Waals surface area contributed by atoms with Crippen LogP contribution in [0.15, 0.2) is 0 Å². The van der Waals surface area contributed by atoms with Crippen molar-refractivity contribution in [3.05, 3.63) is 0 Å². The molecule has 0 spiro atoms. The van der Waals surface area contributed by atoms with Gasteiger partial charge in [0.2, 0.25) is 0 Å². The highest BCUT2D eigenvalue weighted by atomic mass is 32.2. The van der Waals surface area contributed by atoms with Crippen LogP contribution in [0.1, 0.15) is 0 Å². The molecular weight excluding hydrogens is 174 g/mol. The molecule has 2 bridgehead atoms. The number of fused-ring (bicyclic) bond motifs is 2. The molecule has 2 fully saturated rings. The Kier molecular flexibility index (Phi) is 2.33.